The fourth-order valence-electron chi connectivity index (χ4n) is 5.77. The molecule has 1 aliphatic carbocycles. The van der Waals surface area contributed by atoms with Crippen molar-refractivity contribution in [1.82, 2.24) is 20.1 Å². The molecule has 1 atom stereocenters. The number of nitrogens with zero attached hydrogens (tertiary/aromatic N) is 3. The van der Waals surface area contributed by atoms with E-state index in [1.165, 1.54) is 54.4 Å². The van der Waals surface area contributed by atoms with Gasteiger partial charge in [-0.05, 0) is 62.2 Å². The summed E-state index contributed by atoms with van der Waals surface area (Å²) in [4.78, 5) is 31.3. The molecule has 1 aliphatic rings. The summed E-state index contributed by atoms with van der Waals surface area (Å²) in [5, 5.41) is 30.4. The van der Waals surface area contributed by atoms with Crippen LogP contribution in [0.4, 0.5) is 8.78 Å². The van der Waals surface area contributed by atoms with Gasteiger partial charge in [0.1, 0.15) is 28.4 Å². The number of pyridine rings is 1. The van der Waals surface area contributed by atoms with Crippen molar-refractivity contribution < 1.29 is 38.1 Å². The third-order valence-corrected chi connectivity index (χ3v) is 8.75. The molecule has 1 fully saturated rings. The maximum Gasteiger partial charge on any atom is 0.252 e. The average Bonchev–Trinajstić information content (AvgIpc) is 3.68. The smallest absolute Gasteiger partial charge is 0.252 e. The van der Waals surface area contributed by atoms with Gasteiger partial charge in [-0.25, -0.2) is 18.4 Å². The minimum absolute atomic E-state index is 0.0280. The molecule has 0 bridgehead atoms. The summed E-state index contributed by atoms with van der Waals surface area (Å²) in [5.41, 5.74) is 4.01. The number of amides is 2. The van der Waals surface area contributed by atoms with Gasteiger partial charge in [0.05, 0.1) is 37.1 Å². The molecule has 50 heavy (non-hydrogen) atoms. The highest BCUT2D eigenvalue weighted by molar-refractivity contribution is 6.00. The molecule has 0 radical (unpaired) electrons. The van der Waals surface area contributed by atoms with Crippen LogP contribution in [0, 0.1) is 5.82 Å². The van der Waals surface area contributed by atoms with Gasteiger partial charge in [0.15, 0.2) is 5.75 Å². The van der Waals surface area contributed by atoms with E-state index in [1.807, 2.05) is 0 Å². The van der Waals surface area contributed by atoms with Crippen molar-refractivity contribution in [2.75, 3.05) is 20.3 Å². The highest BCUT2D eigenvalue weighted by Crippen LogP contribution is 2.45. The molecule has 5 aromatic rings. The maximum absolute atomic E-state index is 14.8. The first-order chi connectivity index (χ1) is 23.7. The van der Waals surface area contributed by atoms with Crippen molar-refractivity contribution in [2.45, 2.75) is 50.6 Å². The minimum Gasteiger partial charge on any atom is -0.494 e. The number of methoxy groups -OCH3 is 1. The molecule has 2 aromatic heterocycles. The second-order valence-electron chi connectivity index (χ2n) is 12.8. The lowest BCUT2D eigenvalue weighted by Crippen LogP contribution is -2.42. The van der Waals surface area contributed by atoms with Gasteiger partial charge in [-0.3, -0.25) is 9.59 Å². The Labute approximate surface area is 286 Å². The molecular formula is C37H37F2N5O6. The third-order valence-electron chi connectivity index (χ3n) is 8.75. The molecule has 13 heteroatoms. The molecule has 3 aromatic carbocycles. The summed E-state index contributed by atoms with van der Waals surface area (Å²) in [6.45, 7) is 4.62. The minimum atomic E-state index is -2.21. The number of rotatable bonds is 12. The van der Waals surface area contributed by atoms with E-state index >= 15 is 0 Å². The molecule has 11 nitrogen and oxygen atoms in total. The van der Waals surface area contributed by atoms with E-state index in [-0.39, 0.29) is 46.2 Å². The summed E-state index contributed by atoms with van der Waals surface area (Å²) < 4.78 is 42.0. The van der Waals surface area contributed by atoms with Gasteiger partial charge in [0.2, 0.25) is 5.79 Å². The Morgan fingerprint density at radius 2 is 1.78 bits per heavy atom. The lowest BCUT2D eigenvalue weighted by Gasteiger charge is -2.30. The number of hydrogen-bond acceptors (Lipinski definition) is 8. The molecule has 2 amide bonds. The fraction of sp³-hybridized carbons (Fsp3) is 0.297. The van der Waals surface area contributed by atoms with E-state index in [4.69, 9.17) is 20.2 Å². The summed E-state index contributed by atoms with van der Waals surface area (Å²) in [6, 6.07) is 16.1. The normalized spacial score (nSPS) is 15.0. The number of aliphatic hydroxyl groups is 2. The molecule has 260 valence electrons. The molecule has 0 spiro atoms. The Hall–Kier alpha value is -5.40. The van der Waals surface area contributed by atoms with Gasteiger partial charge >= 0.3 is 0 Å². The number of carbonyl (C=O) groups is 2. The van der Waals surface area contributed by atoms with Gasteiger partial charge in [-0.2, -0.15) is 5.10 Å². The van der Waals surface area contributed by atoms with Gasteiger partial charge < -0.3 is 30.7 Å². The van der Waals surface area contributed by atoms with E-state index < -0.39 is 41.2 Å². The maximum atomic E-state index is 14.8. The molecule has 0 aliphatic heterocycles. The molecular weight excluding hydrogens is 648 g/mol. The molecule has 6 rings (SSSR count). The molecule has 0 unspecified atom stereocenters. The molecule has 0 saturated heterocycles. The Morgan fingerprint density at radius 1 is 1.06 bits per heavy atom. The van der Waals surface area contributed by atoms with Gasteiger partial charge in [-0.1, -0.05) is 36.4 Å². The van der Waals surface area contributed by atoms with Gasteiger partial charge in [0, 0.05) is 35.6 Å². The first-order valence-electron chi connectivity index (χ1n) is 16.0. The molecule has 1 saturated carbocycles. The Morgan fingerprint density at radius 3 is 2.38 bits per heavy atom. The van der Waals surface area contributed by atoms with Gasteiger partial charge in [0.25, 0.3) is 11.8 Å². The number of hydrogen-bond donors (Lipinski definition) is 4. The molecule has 2 heterocycles. The first kappa shape index (κ1) is 34.5. The Kier molecular flexibility index (Phi) is 8.83. The zero-order chi connectivity index (χ0) is 36.0. The second-order valence-corrected chi connectivity index (χ2v) is 12.8. The predicted molar refractivity (Wildman–Crippen MR) is 181 cm³/mol. The summed E-state index contributed by atoms with van der Waals surface area (Å²) >= 11 is 0. The van der Waals surface area contributed by atoms with Crippen molar-refractivity contribution in [1.29, 1.82) is 0 Å². The van der Waals surface area contributed by atoms with Crippen molar-refractivity contribution in [3.8, 4) is 22.8 Å². The molecule has 5 N–H and O–H groups in total. The number of fused-ring (bicyclic) bond motifs is 1. The number of halogens is 2. The number of carbonyl (C=O) groups excluding carboxylic acids is 2. The monoisotopic (exact) mass is 685 g/mol. The number of nitrogens with one attached hydrogen (secondary N) is 1. The standard InChI is InChI=1S/C37H37F2N5O6/c1-5-50-32-27(33(40)45)18-29(42-31(32)21-9-11-24(12-10-21)35(2,3)47)37(48,25-7-6-8-26(38)17-25)20-41-34(46)22-15-23-19-44(36(39)13-14-36)43-30(23)28(16-22)49-4/h6-12,15-19,47-48H,5,13-14,20H2,1-4H3,(H2,40,45)(H,41,46)/t37-/m1/s1. The fourth-order valence-corrected chi connectivity index (χ4v) is 5.77. The zero-order valence-electron chi connectivity index (χ0n) is 28.0. The number of nitrogens with two attached hydrogens (primary N) is 1. The number of primary amides is 1. The zero-order valence-corrected chi connectivity index (χ0v) is 28.0. The van der Waals surface area contributed by atoms with Crippen molar-refractivity contribution in [2.24, 2.45) is 5.73 Å². The SMILES string of the molecule is CCOc1c(C(N)=O)cc([C@@](O)(CNC(=O)c2cc(OC)c3nn(C4(F)CC4)cc3c2)c2cccc(F)c2)nc1-c1ccc(C(C)(C)O)cc1. The summed E-state index contributed by atoms with van der Waals surface area (Å²) in [6.07, 6.45) is 2.18. The number of aromatic nitrogens is 3. The lowest BCUT2D eigenvalue weighted by molar-refractivity contribution is 0.0663. The second kappa shape index (κ2) is 12.8. The number of ether oxygens (including phenoxy) is 2. The van der Waals surface area contributed by atoms with Crippen LogP contribution in [-0.2, 0) is 17.0 Å². The van der Waals surface area contributed by atoms with E-state index in [2.05, 4.69) is 10.4 Å². The van der Waals surface area contributed by atoms with E-state index in [9.17, 15) is 28.6 Å². The summed E-state index contributed by atoms with van der Waals surface area (Å²) in [5.74, 6) is -3.44. The van der Waals surface area contributed by atoms with E-state index in [1.54, 1.807) is 45.0 Å². The topological polar surface area (TPSA) is 162 Å². The highest BCUT2D eigenvalue weighted by atomic mass is 19.1. The summed E-state index contributed by atoms with van der Waals surface area (Å²) in [7, 11) is 1.41. The van der Waals surface area contributed by atoms with E-state index in [0.29, 0.717) is 34.9 Å². The van der Waals surface area contributed by atoms with E-state index in [0.717, 1.165) is 6.07 Å². The van der Waals surface area contributed by atoms with Crippen LogP contribution in [-0.4, -0.2) is 57.1 Å². The van der Waals surface area contributed by atoms with Crippen LogP contribution < -0.4 is 20.5 Å². The largest absolute Gasteiger partial charge is 0.494 e. The highest BCUT2D eigenvalue weighted by Gasteiger charge is 2.46. The van der Waals surface area contributed by atoms with Crippen LogP contribution in [0.3, 0.4) is 0 Å². The van der Waals surface area contributed by atoms with Gasteiger partial charge in [-0.15, -0.1) is 0 Å². The number of alkyl halides is 1. The van der Waals surface area contributed by atoms with Crippen LogP contribution in [0.1, 0.15) is 71.1 Å². The van der Waals surface area contributed by atoms with Crippen LogP contribution in [0.15, 0.2) is 72.9 Å². The predicted octanol–water partition coefficient (Wildman–Crippen LogP) is 5.05. The van der Waals surface area contributed by atoms with Crippen molar-refractivity contribution in [3.05, 3.63) is 107 Å². The van der Waals surface area contributed by atoms with Crippen LogP contribution in [0.25, 0.3) is 22.2 Å². The first-order valence-corrected chi connectivity index (χ1v) is 16.0. The van der Waals surface area contributed by atoms with Crippen molar-refractivity contribution >= 4 is 22.7 Å². The third kappa shape index (κ3) is 6.49. The lowest BCUT2D eigenvalue weighted by atomic mass is 9.87. The Bertz CT molecular complexity index is 2110. The quantitative estimate of drug-likeness (QED) is 0.142. The van der Waals surface area contributed by atoms with Crippen LogP contribution >= 0.6 is 0 Å². The Balaban J connectivity index is 1.44. The van der Waals surface area contributed by atoms with Crippen LogP contribution in [0.2, 0.25) is 0 Å². The van der Waals surface area contributed by atoms with Crippen LogP contribution in [0.5, 0.6) is 11.5 Å². The van der Waals surface area contributed by atoms with Crippen molar-refractivity contribution in [3.63, 3.8) is 0 Å². The number of benzene rings is 3. The average molecular weight is 686 g/mol.